The van der Waals surface area contributed by atoms with Gasteiger partial charge in [-0.2, -0.15) is 0 Å². The fourth-order valence-corrected chi connectivity index (χ4v) is 12.8. The molecule has 9 aliphatic carbocycles. The van der Waals surface area contributed by atoms with E-state index in [1.54, 1.807) is 0 Å². The summed E-state index contributed by atoms with van der Waals surface area (Å²) in [7, 11) is 0. The smallest absolute Gasteiger partial charge is 0.211 e. The third-order valence-electron chi connectivity index (χ3n) is 15.3. The van der Waals surface area contributed by atoms with Crippen LogP contribution in [-0.4, -0.2) is 12.1 Å². The van der Waals surface area contributed by atoms with Crippen molar-refractivity contribution in [2.75, 3.05) is 0 Å². The number of aliphatic imine (C=N–C) groups is 1. The van der Waals surface area contributed by atoms with Crippen LogP contribution < -0.4 is 0 Å². The minimum Gasteiger partial charge on any atom is -0.211 e. The molecule has 9 fully saturated rings. The van der Waals surface area contributed by atoms with Crippen LogP contribution in [0, 0.1) is 73.9 Å². The number of nitrogens with zero attached hydrogens (tertiary/aromatic N) is 1. The van der Waals surface area contributed by atoms with E-state index in [0.717, 1.165) is 41.9 Å². The molecule has 2 nitrogen and oxygen atoms in total. The summed E-state index contributed by atoms with van der Waals surface area (Å²) in [4.78, 5) is 16.4. The van der Waals surface area contributed by atoms with E-state index in [-0.39, 0.29) is 16.9 Å². The standard InChI is InChI=1S/C31H49NO/c1-26(2)18-10-11-29(7,21(26)12-18)24-15-19-13-22(27(19,3)4)30(24,8)31(9)23-14-20(28(23,5)6)16-25(31)32-17-33/h18-25H,10-16H2,1-9H3. The van der Waals surface area contributed by atoms with Crippen LogP contribution in [0.25, 0.3) is 0 Å². The Balaban J connectivity index is 1.53. The van der Waals surface area contributed by atoms with Gasteiger partial charge in [-0.25, -0.2) is 9.79 Å². The van der Waals surface area contributed by atoms with Gasteiger partial charge in [-0.05, 0) is 113 Å². The molecule has 9 rings (SSSR count). The Morgan fingerprint density at radius 2 is 1.09 bits per heavy atom. The molecule has 11 unspecified atom stereocenters. The van der Waals surface area contributed by atoms with E-state index < -0.39 is 0 Å². The summed E-state index contributed by atoms with van der Waals surface area (Å²) in [6.45, 7) is 23.4. The molecular formula is C31H49NO. The largest absolute Gasteiger partial charge is 0.235 e. The van der Waals surface area contributed by atoms with Gasteiger partial charge in [-0.15, -0.1) is 0 Å². The van der Waals surface area contributed by atoms with E-state index in [9.17, 15) is 4.79 Å². The summed E-state index contributed by atoms with van der Waals surface area (Å²) in [6, 6.07) is 0.154. The Kier molecular flexibility index (Phi) is 4.28. The Morgan fingerprint density at radius 3 is 1.61 bits per heavy atom. The molecule has 33 heavy (non-hydrogen) atoms. The lowest BCUT2D eigenvalue weighted by molar-refractivity contribution is -0.327. The summed E-state index contributed by atoms with van der Waals surface area (Å²) in [5.74, 6) is 5.56. The van der Waals surface area contributed by atoms with E-state index in [4.69, 9.17) is 0 Å². The van der Waals surface area contributed by atoms with Crippen molar-refractivity contribution in [2.24, 2.45) is 78.9 Å². The molecule has 0 N–H and O–H groups in total. The van der Waals surface area contributed by atoms with Gasteiger partial charge in [0.05, 0.1) is 6.04 Å². The minimum atomic E-state index is 0.0778. The Bertz CT molecular complexity index is 923. The summed E-state index contributed by atoms with van der Waals surface area (Å²) in [5.41, 5.74) is 2.00. The van der Waals surface area contributed by atoms with Crippen LogP contribution >= 0.6 is 0 Å². The van der Waals surface area contributed by atoms with Gasteiger partial charge in [-0.1, -0.05) is 62.3 Å². The second-order valence-corrected chi connectivity index (χ2v) is 16.3. The topological polar surface area (TPSA) is 29.4 Å². The van der Waals surface area contributed by atoms with E-state index in [2.05, 4.69) is 73.4 Å². The van der Waals surface area contributed by atoms with Gasteiger partial charge in [0, 0.05) is 5.41 Å². The molecule has 9 saturated carbocycles. The van der Waals surface area contributed by atoms with E-state index in [1.165, 1.54) is 38.5 Å². The molecule has 0 radical (unpaired) electrons. The van der Waals surface area contributed by atoms with Crippen LogP contribution in [-0.2, 0) is 4.79 Å². The number of hydrogen-bond acceptors (Lipinski definition) is 2. The Labute approximate surface area is 203 Å². The first-order chi connectivity index (χ1) is 15.2. The highest BCUT2D eigenvalue weighted by Gasteiger charge is 2.78. The van der Waals surface area contributed by atoms with Gasteiger partial charge < -0.3 is 0 Å². The highest BCUT2D eigenvalue weighted by Crippen LogP contribution is 2.83. The van der Waals surface area contributed by atoms with Gasteiger partial charge in [-0.3, -0.25) is 0 Å². The molecule has 0 spiro atoms. The van der Waals surface area contributed by atoms with Crippen LogP contribution in [0.1, 0.15) is 107 Å². The summed E-state index contributed by atoms with van der Waals surface area (Å²) in [6.07, 6.45) is 11.6. The molecule has 0 saturated heterocycles. The molecule has 0 heterocycles. The fourth-order valence-electron chi connectivity index (χ4n) is 12.8. The molecule has 0 aromatic carbocycles. The molecule has 11 atom stereocenters. The van der Waals surface area contributed by atoms with Gasteiger partial charge in [0.15, 0.2) is 0 Å². The third-order valence-corrected chi connectivity index (χ3v) is 15.3. The highest BCUT2D eigenvalue weighted by atomic mass is 16.1. The Morgan fingerprint density at radius 1 is 0.606 bits per heavy atom. The van der Waals surface area contributed by atoms with Crippen molar-refractivity contribution in [3.05, 3.63) is 0 Å². The van der Waals surface area contributed by atoms with Crippen LogP contribution in [0.4, 0.5) is 0 Å². The third kappa shape index (κ3) is 2.26. The van der Waals surface area contributed by atoms with E-state index in [0.29, 0.717) is 27.6 Å². The SMILES string of the molecule is CC1(C)C2CCC(C)(C3CC4CC(C4(C)C)C3(C)C3(C)C(N=C=O)CC4CC3C4(C)C)C1C2. The van der Waals surface area contributed by atoms with Crippen molar-refractivity contribution < 1.29 is 4.79 Å². The van der Waals surface area contributed by atoms with Crippen molar-refractivity contribution >= 4 is 6.08 Å². The molecule has 0 aromatic heterocycles. The van der Waals surface area contributed by atoms with Gasteiger partial charge in [0.25, 0.3) is 0 Å². The van der Waals surface area contributed by atoms with E-state index in [1.807, 2.05) is 0 Å². The van der Waals surface area contributed by atoms with Crippen LogP contribution in [0.15, 0.2) is 4.99 Å². The number of carbonyl (C=O) groups excluding carboxylic acids is 1. The molecule has 9 aliphatic rings. The zero-order valence-electron chi connectivity index (χ0n) is 22.9. The lowest BCUT2D eigenvalue weighted by atomic mass is 9.23. The monoisotopic (exact) mass is 451 g/mol. The second-order valence-electron chi connectivity index (χ2n) is 16.3. The first-order valence-electron chi connectivity index (χ1n) is 14.2. The highest BCUT2D eigenvalue weighted by molar-refractivity contribution is 5.36. The number of hydrogen-bond donors (Lipinski definition) is 0. The van der Waals surface area contributed by atoms with Gasteiger partial charge >= 0.3 is 0 Å². The molecule has 6 bridgehead atoms. The van der Waals surface area contributed by atoms with Gasteiger partial charge in [0.2, 0.25) is 6.08 Å². The maximum Gasteiger partial charge on any atom is 0.235 e. The predicted octanol–water partition coefficient (Wildman–Crippen LogP) is 7.91. The first kappa shape index (κ1) is 22.8. The second kappa shape index (κ2) is 6.19. The number of fused-ring (bicyclic) bond motifs is 8. The molecule has 0 aliphatic heterocycles. The van der Waals surface area contributed by atoms with E-state index >= 15 is 0 Å². The quantitative estimate of drug-likeness (QED) is 0.316. The maximum atomic E-state index is 11.7. The lowest BCUT2D eigenvalue weighted by Gasteiger charge is -2.81. The average molecular weight is 452 g/mol. The van der Waals surface area contributed by atoms with Crippen molar-refractivity contribution in [1.82, 2.24) is 0 Å². The molecule has 2 heteroatoms. The minimum absolute atomic E-state index is 0.0778. The van der Waals surface area contributed by atoms with Gasteiger partial charge in [0.1, 0.15) is 0 Å². The van der Waals surface area contributed by atoms with Crippen molar-refractivity contribution in [1.29, 1.82) is 0 Å². The molecule has 0 aromatic rings. The fraction of sp³-hybridized carbons (Fsp3) is 0.968. The van der Waals surface area contributed by atoms with Crippen LogP contribution in [0.5, 0.6) is 0 Å². The van der Waals surface area contributed by atoms with Crippen molar-refractivity contribution in [2.45, 2.75) is 113 Å². The zero-order chi connectivity index (χ0) is 24.0. The lowest BCUT2D eigenvalue weighted by Crippen LogP contribution is -2.76. The Hall–Kier alpha value is -0.620. The number of isocyanates is 1. The average Bonchev–Trinajstić information content (AvgIpc) is 2.73. The zero-order valence-corrected chi connectivity index (χ0v) is 22.9. The predicted molar refractivity (Wildman–Crippen MR) is 134 cm³/mol. The number of rotatable bonds is 3. The van der Waals surface area contributed by atoms with Crippen LogP contribution in [0.2, 0.25) is 0 Å². The van der Waals surface area contributed by atoms with Crippen LogP contribution in [0.3, 0.4) is 0 Å². The maximum absolute atomic E-state index is 11.7. The first-order valence-corrected chi connectivity index (χ1v) is 14.2. The normalized spacial score (nSPS) is 58.7. The van der Waals surface area contributed by atoms with Crippen molar-refractivity contribution in [3.8, 4) is 0 Å². The summed E-state index contributed by atoms with van der Waals surface area (Å²) in [5, 5.41) is 0. The summed E-state index contributed by atoms with van der Waals surface area (Å²) < 4.78 is 0. The molecular weight excluding hydrogens is 402 g/mol. The summed E-state index contributed by atoms with van der Waals surface area (Å²) >= 11 is 0. The van der Waals surface area contributed by atoms with Crippen molar-refractivity contribution in [3.63, 3.8) is 0 Å². The molecule has 0 amide bonds. The molecule has 184 valence electrons.